The van der Waals surface area contributed by atoms with Crippen LogP contribution in [0.4, 0.5) is 4.79 Å². The monoisotopic (exact) mass is 333 g/mol. The van der Waals surface area contributed by atoms with Crippen LogP contribution in [0.25, 0.3) is 0 Å². The second-order valence-corrected chi connectivity index (χ2v) is 7.37. The summed E-state index contributed by atoms with van der Waals surface area (Å²) in [6, 6.07) is 3.72. The molecule has 24 heavy (non-hydrogen) atoms. The van der Waals surface area contributed by atoms with Gasteiger partial charge < -0.3 is 15.3 Å². The fraction of sp³-hybridized carbons (Fsp3) is 0.684. The van der Waals surface area contributed by atoms with Crippen LogP contribution in [-0.2, 0) is 0 Å². The number of aryl methyl sites for hydroxylation is 1. The summed E-state index contributed by atoms with van der Waals surface area (Å²) in [5.74, 6) is 0.430. The molecule has 2 N–H and O–H groups in total. The summed E-state index contributed by atoms with van der Waals surface area (Å²) in [5, 5.41) is 13.2. The molecule has 1 aromatic rings. The Balaban J connectivity index is 2.01. The summed E-state index contributed by atoms with van der Waals surface area (Å²) in [6.45, 7) is 6.79. The molecule has 1 fully saturated rings. The topological polar surface area (TPSA) is 65.5 Å². The molecule has 1 aliphatic rings. The van der Waals surface area contributed by atoms with Gasteiger partial charge in [0.25, 0.3) is 0 Å². The predicted octanol–water partition coefficient (Wildman–Crippen LogP) is 3.28. The lowest BCUT2D eigenvalue weighted by Gasteiger charge is -2.32. The normalized spacial score (nSPS) is 22.2. The first kappa shape index (κ1) is 18.7. The van der Waals surface area contributed by atoms with Gasteiger partial charge in [-0.05, 0) is 37.3 Å². The number of carbonyl (C=O) groups excluding carboxylic acids is 1. The average Bonchev–Trinajstić information content (AvgIpc) is 2.55. The van der Waals surface area contributed by atoms with Crippen LogP contribution < -0.4 is 5.32 Å². The minimum atomic E-state index is -0.284. The number of urea groups is 1. The number of aliphatic hydroxyl groups excluding tert-OH is 1. The van der Waals surface area contributed by atoms with Crippen LogP contribution >= 0.6 is 0 Å². The maximum absolute atomic E-state index is 12.6. The number of nitrogens with zero attached hydrogens (tertiary/aromatic N) is 2. The number of amides is 2. The van der Waals surface area contributed by atoms with E-state index < -0.39 is 0 Å². The standard InChI is InChI=1S/C19H31N3O2/c1-13(2)17(18-14(3)8-7-11-20-18)21-19(24)22(4)12-15-9-5-6-10-16(15)23/h7-8,11,13,15-17,23H,5-6,9-10,12H2,1-4H3,(H,21,24). The molecular formula is C19H31N3O2. The molecule has 3 atom stereocenters. The highest BCUT2D eigenvalue weighted by atomic mass is 16.3. The van der Waals surface area contributed by atoms with Crippen molar-refractivity contribution in [1.29, 1.82) is 0 Å². The minimum absolute atomic E-state index is 0.100. The van der Waals surface area contributed by atoms with Gasteiger partial charge in [0, 0.05) is 25.7 Å². The van der Waals surface area contributed by atoms with Gasteiger partial charge in [-0.25, -0.2) is 4.79 Å². The summed E-state index contributed by atoms with van der Waals surface area (Å²) in [5.41, 5.74) is 2.01. The first-order chi connectivity index (χ1) is 11.4. The lowest BCUT2D eigenvalue weighted by Crippen LogP contribution is -2.45. The molecule has 1 saturated carbocycles. The van der Waals surface area contributed by atoms with Crippen molar-refractivity contribution >= 4 is 6.03 Å². The predicted molar refractivity (Wildman–Crippen MR) is 95.7 cm³/mol. The molecule has 0 spiro atoms. The molecule has 5 nitrogen and oxygen atoms in total. The largest absolute Gasteiger partial charge is 0.393 e. The summed E-state index contributed by atoms with van der Waals surface area (Å²) in [4.78, 5) is 18.8. The van der Waals surface area contributed by atoms with Gasteiger partial charge in [0.2, 0.25) is 0 Å². The Labute approximate surface area is 145 Å². The molecule has 1 aliphatic carbocycles. The number of carbonyl (C=O) groups is 1. The van der Waals surface area contributed by atoms with Crippen molar-refractivity contribution in [2.75, 3.05) is 13.6 Å². The lowest BCUT2D eigenvalue weighted by atomic mass is 9.86. The summed E-state index contributed by atoms with van der Waals surface area (Å²) < 4.78 is 0. The number of rotatable bonds is 5. The third-order valence-corrected chi connectivity index (χ3v) is 5.01. The van der Waals surface area contributed by atoms with Crippen LogP contribution in [0.1, 0.15) is 56.8 Å². The quantitative estimate of drug-likeness (QED) is 0.869. The van der Waals surface area contributed by atoms with Crippen molar-refractivity contribution in [2.24, 2.45) is 11.8 Å². The first-order valence-corrected chi connectivity index (χ1v) is 9.01. The highest BCUT2D eigenvalue weighted by Gasteiger charge is 2.27. The molecule has 134 valence electrons. The molecule has 1 aromatic heterocycles. The Morgan fingerprint density at radius 3 is 2.75 bits per heavy atom. The Morgan fingerprint density at radius 1 is 1.42 bits per heavy atom. The van der Waals surface area contributed by atoms with Crippen molar-refractivity contribution in [1.82, 2.24) is 15.2 Å². The van der Waals surface area contributed by atoms with E-state index in [-0.39, 0.29) is 30.0 Å². The van der Waals surface area contributed by atoms with Crippen molar-refractivity contribution in [3.8, 4) is 0 Å². The van der Waals surface area contributed by atoms with E-state index in [9.17, 15) is 9.90 Å². The van der Waals surface area contributed by atoms with Crippen molar-refractivity contribution in [2.45, 2.75) is 58.6 Å². The Bertz CT molecular complexity index is 547. The first-order valence-electron chi connectivity index (χ1n) is 9.01. The van der Waals surface area contributed by atoms with E-state index in [2.05, 4.69) is 24.1 Å². The third kappa shape index (κ3) is 4.69. The van der Waals surface area contributed by atoms with Crippen molar-refractivity contribution in [3.63, 3.8) is 0 Å². The van der Waals surface area contributed by atoms with Gasteiger partial charge in [0.15, 0.2) is 0 Å². The second kappa shape index (κ2) is 8.47. The summed E-state index contributed by atoms with van der Waals surface area (Å²) in [6.07, 6.45) is 5.55. The SMILES string of the molecule is Cc1cccnc1C(NC(=O)N(C)CC1CCCCC1O)C(C)C. The van der Waals surface area contributed by atoms with E-state index in [1.165, 1.54) is 0 Å². The maximum atomic E-state index is 12.6. The highest BCUT2D eigenvalue weighted by Crippen LogP contribution is 2.26. The molecule has 1 heterocycles. The van der Waals surface area contributed by atoms with Crippen LogP contribution in [-0.4, -0.2) is 40.7 Å². The molecule has 0 saturated heterocycles. The van der Waals surface area contributed by atoms with Crippen LogP contribution in [0, 0.1) is 18.8 Å². The van der Waals surface area contributed by atoms with Gasteiger partial charge in [-0.15, -0.1) is 0 Å². The van der Waals surface area contributed by atoms with E-state index in [0.29, 0.717) is 6.54 Å². The zero-order valence-electron chi connectivity index (χ0n) is 15.3. The van der Waals surface area contributed by atoms with Crippen LogP contribution in [0.2, 0.25) is 0 Å². The number of aliphatic hydroxyl groups is 1. The number of hydrogen-bond acceptors (Lipinski definition) is 3. The smallest absolute Gasteiger partial charge is 0.317 e. The molecular weight excluding hydrogens is 302 g/mol. The lowest BCUT2D eigenvalue weighted by molar-refractivity contribution is 0.0561. The molecule has 0 aliphatic heterocycles. The van der Waals surface area contributed by atoms with Gasteiger partial charge in [-0.2, -0.15) is 0 Å². The fourth-order valence-electron chi connectivity index (χ4n) is 3.45. The zero-order chi connectivity index (χ0) is 17.7. The maximum Gasteiger partial charge on any atom is 0.317 e. The van der Waals surface area contributed by atoms with Crippen LogP contribution in [0.5, 0.6) is 0 Å². The Kier molecular flexibility index (Phi) is 6.60. The van der Waals surface area contributed by atoms with E-state index in [4.69, 9.17) is 0 Å². The molecule has 0 radical (unpaired) electrons. The van der Waals surface area contributed by atoms with Gasteiger partial charge >= 0.3 is 6.03 Å². The second-order valence-electron chi connectivity index (χ2n) is 7.37. The minimum Gasteiger partial charge on any atom is -0.393 e. The van der Waals surface area contributed by atoms with Gasteiger partial charge in [-0.1, -0.05) is 32.8 Å². The molecule has 3 unspecified atom stereocenters. The molecule has 0 aromatic carbocycles. The number of pyridine rings is 1. The molecule has 2 amide bonds. The summed E-state index contributed by atoms with van der Waals surface area (Å²) in [7, 11) is 1.80. The Hall–Kier alpha value is -1.62. The van der Waals surface area contributed by atoms with Crippen LogP contribution in [0.15, 0.2) is 18.3 Å². The average molecular weight is 333 g/mol. The zero-order valence-corrected chi connectivity index (χ0v) is 15.3. The van der Waals surface area contributed by atoms with Gasteiger partial charge in [0.05, 0.1) is 17.8 Å². The molecule has 5 heteroatoms. The fourth-order valence-corrected chi connectivity index (χ4v) is 3.45. The van der Waals surface area contributed by atoms with E-state index in [0.717, 1.165) is 36.9 Å². The highest BCUT2D eigenvalue weighted by molar-refractivity contribution is 5.74. The van der Waals surface area contributed by atoms with Crippen molar-refractivity contribution in [3.05, 3.63) is 29.6 Å². The summed E-state index contributed by atoms with van der Waals surface area (Å²) >= 11 is 0. The van der Waals surface area contributed by atoms with E-state index in [1.807, 2.05) is 19.1 Å². The number of hydrogen-bond donors (Lipinski definition) is 2. The van der Waals surface area contributed by atoms with Gasteiger partial charge in [0.1, 0.15) is 0 Å². The Morgan fingerprint density at radius 2 is 2.12 bits per heavy atom. The number of nitrogens with one attached hydrogen (secondary N) is 1. The van der Waals surface area contributed by atoms with Crippen LogP contribution in [0.3, 0.4) is 0 Å². The molecule has 2 rings (SSSR count). The van der Waals surface area contributed by atoms with Crippen molar-refractivity contribution < 1.29 is 9.90 Å². The van der Waals surface area contributed by atoms with E-state index >= 15 is 0 Å². The molecule has 0 bridgehead atoms. The third-order valence-electron chi connectivity index (χ3n) is 5.01. The van der Waals surface area contributed by atoms with Gasteiger partial charge in [-0.3, -0.25) is 4.98 Å². The number of aromatic nitrogens is 1. The van der Waals surface area contributed by atoms with E-state index in [1.54, 1.807) is 18.1 Å².